The van der Waals surface area contributed by atoms with Crippen LogP contribution in [0.5, 0.6) is 0 Å². The van der Waals surface area contributed by atoms with E-state index in [2.05, 4.69) is 5.16 Å². The van der Waals surface area contributed by atoms with Gasteiger partial charge in [0, 0.05) is 18.7 Å². The van der Waals surface area contributed by atoms with Crippen molar-refractivity contribution in [1.82, 2.24) is 5.16 Å². The second kappa shape index (κ2) is 6.66. The number of rotatable bonds is 4. The van der Waals surface area contributed by atoms with E-state index in [1.807, 2.05) is 0 Å². The number of carbonyl (C=O) groups excluding carboxylic acids is 2. The van der Waals surface area contributed by atoms with E-state index in [0.29, 0.717) is 22.7 Å². The highest BCUT2D eigenvalue weighted by Crippen LogP contribution is 2.27. The number of esters is 1. The molecule has 1 aromatic carbocycles. The fraction of sp³-hybridized carbons (Fsp3) is 0.389. The molecule has 1 atom stereocenters. The lowest BCUT2D eigenvalue weighted by atomic mass is 10.1. The Hall–Kier alpha value is -2.70. The largest absolute Gasteiger partial charge is 0.460 e. The maximum absolute atomic E-state index is 13.7. The average Bonchev–Trinajstić information content (AvgIpc) is 3.11. The molecule has 1 amide bonds. The zero-order chi connectivity index (χ0) is 18.1. The number of aromatic nitrogens is 1. The van der Waals surface area contributed by atoms with Crippen LogP contribution in [0.25, 0.3) is 0 Å². The molecule has 25 heavy (non-hydrogen) atoms. The summed E-state index contributed by atoms with van der Waals surface area (Å²) < 4.78 is 24.1. The van der Waals surface area contributed by atoms with E-state index in [0.717, 1.165) is 5.56 Å². The predicted molar refractivity (Wildman–Crippen MR) is 87.4 cm³/mol. The number of amides is 1. The van der Waals surface area contributed by atoms with E-state index >= 15 is 0 Å². The van der Waals surface area contributed by atoms with Crippen molar-refractivity contribution in [3.05, 3.63) is 46.6 Å². The van der Waals surface area contributed by atoms with Gasteiger partial charge in [0.1, 0.15) is 18.2 Å². The molecule has 0 spiro atoms. The first-order valence-corrected chi connectivity index (χ1v) is 8.01. The van der Waals surface area contributed by atoms with Crippen molar-refractivity contribution in [1.29, 1.82) is 0 Å². The SMILES string of the molecule is Cc1ccc(N2C[C@H](C(=O)OCc3c(C)noc3C)CC2=O)cc1F. The van der Waals surface area contributed by atoms with E-state index in [-0.39, 0.29) is 31.3 Å². The zero-order valence-corrected chi connectivity index (χ0v) is 14.3. The third-order valence-electron chi connectivity index (χ3n) is 4.47. The van der Waals surface area contributed by atoms with Gasteiger partial charge in [-0.2, -0.15) is 0 Å². The van der Waals surface area contributed by atoms with Crippen LogP contribution in [-0.4, -0.2) is 23.6 Å². The molecule has 0 bridgehead atoms. The zero-order valence-electron chi connectivity index (χ0n) is 14.3. The van der Waals surface area contributed by atoms with Crippen molar-refractivity contribution < 1.29 is 23.2 Å². The van der Waals surface area contributed by atoms with Gasteiger partial charge in [0.2, 0.25) is 5.91 Å². The molecule has 0 saturated carbocycles. The normalized spacial score (nSPS) is 17.2. The van der Waals surface area contributed by atoms with Crippen molar-refractivity contribution in [3.63, 3.8) is 0 Å². The highest BCUT2D eigenvalue weighted by atomic mass is 19.1. The number of carbonyl (C=O) groups is 2. The number of nitrogens with zero attached hydrogens (tertiary/aromatic N) is 2. The fourth-order valence-corrected chi connectivity index (χ4v) is 2.83. The van der Waals surface area contributed by atoms with Gasteiger partial charge in [0.15, 0.2) is 0 Å². The predicted octanol–water partition coefficient (Wildman–Crippen LogP) is 2.84. The number of halogens is 1. The van der Waals surface area contributed by atoms with Crippen LogP contribution in [0.3, 0.4) is 0 Å². The molecular formula is C18H19FN2O4. The first-order valence-electron chi connectivity index (χ1n) is 8.01. The number of anilines is 1. The Labute approximate surface area is 144 Å². The first kappa shape index (κ1) is 17.1. The number of aryl methyl sites for hydroxylation is 3. The summed E-state index contributed by atoms with van der Waals surface area (Å²) in [6, 6.07) is 4.60. The minimum absolute atomic E-state index is 0.0515. The molecule has 2 aromatic rings. The lowest BCUT2D eigenvalue weighted by molar-refractivity contribution is -0.149. The first-order chi connectivity index (χ1) is 11.9. The van der Waals surface area contributed by atoms with Gasteiger partial charge in [-0.15, -0.1) is 0 Å². The molecular weight excluding hydrogens is 327 g/mol. The van der Waals surface area contributed by atoms with Gasteiger partial charge in [0.25, 0.3) is 0 Å². The molecule has 0 unspecified atom stereocenters. The van der Waals surface area contributed by atoms with Crippen LogP contribution in [0.4, 0.5) is 10.1 Å². The van der Waals surface area contributed by atoms with Gasteiger partial charge in [-0.05, 0) is 38.5 Å². The standard InChI is InChI=1S/C18H19FN2O4/c1-10-4-5-14(7-16(10)19)21-8-13(6-17(21)22)18(23)24-9-15-11(2)20-25-12(15)3/h4-5,7,13H,6,8-9H2,1-3H3/t13-/m1/s1. The van der Waals surface area contributed by atoms with Crippen molar-refractivity contribution in [3.8, 4) is 0 Å². The number of hydrogen-bond acceptors (Lipinski definition) is 5. The van der Waals surface area contributed by atoms with Gasteiger partial charge >= 0.3 is 5.97 Å². The van der Waals surface area contributed by atoms with E-state index < -0.39 is 11.9 Å². The smallest absolute Gasteiger partial charge is 0.311 e. The molecule has 0 N–H and O–H groups in total. The molecule has 1 aliphatic heterocycles. The topological polar surface area (TPSA) is 72.6 Å². The summed E-state index contributed by atoms with van der Waals surface area (Å²) in [5, 5.41) is 3.81. The molecule has 1 saturated heterocycles. The summed E-state index contributed by atoms with van der Waals surface area (Å²) in [7, 11) is 0. The quantitative estimate of drug-likeness (QED) is 0.796. The van der Waals surface area contributed by atoms with E-state index in [4.69, 9.17) is 9.26 Å². The average molecular weight is 346 g/mol. The van der Waals surface area contributed by atoms with E-state index in [1.165, 1.54) is 11.0 Å². The Bertz CT molecular complexity index is 811. The van der Waals surface area contributed by atoms with Crippen LogP contribution >= 0.6 is 0 Å². The molecule has 1 aliphatic rings. The molecule has 2 heterocycles. The second-order valence-electron chi connectivity index (χ2n) is 6.25. The van der Waals surface area contributed by atoms with Crippen LogP contribution < -0.4 is 4.90 Å². The van der Waals surface area contributed by atoms with Crippen LogP contribution in [0, 0.1) is 32.5 Å². The summed E-state index contributed by atoms with van der Waals surface area (Å²) in [5.74, 6) is -1.03. The molecule has 6 nitrogen and oxygen atoms in total. The van der Waals surface area contributed by atoms with Crippen molar-refractivity contribution in [2.75, 3.05) is 11.4 Å². The summed E-state index contributed by atoms with van der Waals surface area (Å²) in [6.45, 7) is 5.41. The summed E-state index contributed by atoms with van der Waals surface area (Å²) in [6.07, 6.45) is 0.0515. The van der Waals surface area contributed by atoms with Crippen LogP contribution in [-0.2, 0) is 20.9 Å². The summed E-state index contributed by atoms with van der Waals surface area (Å²) in [5.41, 5.74) is 2.36. The molecule has 3 rings (SSSR count). The van der Waals surface area contributed by atoms with Gasteiger partial charge in [0.05, 0.1) is 17.2 Å². The molecule has 1 fully saturated rings. The van der Waals surface area contributed by atoms with Gasteiger partial charge in [-0.1, -0.05) is 11.2 Å². The van der Waals surface area contributed by atoms with Crippen molar-refractivity contribution in [2.45, 2.75) is 33.8 Å². The van der Waals surface area contributed by atoms with Crippen LogP contribution in [0.2, 0.25) is 0 Å². The number of ether oxygens (including phenoxy) is 1. The molecule has 132 valence electrons. The second-order valence-corrected chi connectivity index (χ2v) is 6.25. The minimum atomic E-state index is -0.572. The van der Waals surface area contributed by atoms with Crippen LogP contribution in [0.1, 0.15) is 29.0 Å². The third-order valence-corrected chi connectivity index (χ3v) is 4.47. The fourth-order valence-electron chi connectivity index (χ4n) is 2.83. The van der Waals surface area contributed by atoms with Gasteiger partial charge in [-0.25, -0.2) is 4.39 Å². The lowest BCUT2D eigenvalue weighted by Gasteiger charge is -2.17. The maximum atomic E-state index is 13.7. The highest BCUT2D eigenvalue weighted by Gasteiger charge is 2.36. The maximum Gasteiger partial charge on any atom is 0.311 e. The lowest BCUT2D eigenvalue weighted by Crippen LogP contribution is -2.26. The van der Waals surface area contributed by atoms with Crippen molar-refractivity contribution in [2.24, 2.45) is 5.92 Å². The van der Waals surface area contributed by atoms with E-state index in [1.54, 1.807) is 32.9 Å². The monoisotopic (exact) mass is 346 g/mol. The highest BCUT2D eigenvalue weighted by molar-refractivity contribution is 5.99. The minimum Gasteiger partial charge on any atom is -0.460 e. The molecule has 0 aliphatic carbocycles. The molecule has 1 aromatic heterocycles. The molecule has 7 heteroatoms. The Morgan fingerprint density at radius 1 is 1.40 bits per heavy atom. The number of hydrogen-bond donors (Lipinski definition) is 0. The Morgan fingerprint density at radius 2 is 2.16 bits per heavy atom. The Balaban J connectivity index is 1.65. The van der Waals surface area contributed by atoms with Crippen LogP contribution in [0.15, 0.2) is 22.7 Å². The van der Waals surface area contributed by atoms with Gasteiger partial charge < -0.3 is 14.2 Å². The Kier molecular flexibility index (Phi) is 4.57. The van der Waals surface area contributed by atoms with E-state index in [9.17, 15) is 14.0 Å². The Morgan fingerprint density at radius 3 is 2.80 bits per heavy atom. The third kappa shape index (κ3) is 3.40. The summed E-state index contributed by atoms with van der Waals surface area (Å²) in [4.78, 5) is 25.9. The summed E-state index contributed by atoms with van der Waals surface area (Å²) >= 11 is 0. The van der Waals surface area contributed by atoms with Gasteiger partial charge in [-0.3, -0.25) is 9.59 Å². The van der Waals surface area contributed by atoms with Crippen molar-refractivity contribution >= 4 is 17.6 Å². The number of benzene rings is 1. The molecule has 0 radical (unpaired) electrons.